The monoisotopic (exact) mass is 407 g/mol. The quantitative estimate of drug-likeness (QED) is 0.621. The van der Waals surface area contributed by atoms with Crippen LogP contribution >= 0.6 is 22.9 Å². The highest BCUT2D eigenvalue weighted by Gasteiger charge is 2.32. The molecule has 0 saturated heterocycles. The molecule has 6 nitrogen and oxygen atoms in total. The molecule has 0 aliphatic heterocycles. The Labute approximate surface area is 167 Å². The number of nitrogens with one attached hydrogen (secondary N) is 2. The van der Waals surface area contributed by atoms with Gasteiger partial charge in [-0.05, 0) is 43.4 Å². The molecule has 2 aromatic rings. The molecule has 2 N–H and O–H groups in total. The van der Waals surface area contributed by atoms with Crippen LogP contribution in [0.4, 0.5) is 5.13 Å². The first kappa shape index (κ1) is 19.8. The fourth-order valence-corrected chi connectivity index (χ4v) is 3.68. The van der Waals surface area contributed by atoms with Crippen molar-refractivity contribution in [2.75, 3.05) is 18.5 Å². The zero-order valence-electron chi connectivity index (χ0n) is 15.0. The lowest BCUT2D eigenvalue weighted by Crippen LogP contribution is -2.32. The van der Waals surface area contributed by atoms with Gasteiger partial charge in [-0.2, -0.15) is 0 Å². The number of ether oxygens (including phenoxy) is 1. The van der Waals surface area contributed by atoms with Crippen molar-refractivity contribution < 1.29 is 14.3 Å². The van der Waals surface area contributed by atoms with Crippen LogP contribution in [0.1, 0.15) is 37.1 Å². The maximum absolute atomic E-state index is 12.3. The molecule has 144 valence electrons. The average Bonchev–Trinajstić information content (AvgIpc) is 3.38. The van der Waals surface area contributed by atoms with Crippen LogP contribution in [0.3, 0.4) is 0 Å². The number of nitrogens with zero attached hydrogens (tertiary/aromatic N) is 1. The number of carbonyl (C=O) groups excluding carboxylic acids is 2. The third-order valence-electron chi connectivity index (χ3n) is 4.23. The SMILES string of the molecule is CCOC(=O)Cc1csc(NC(=O)CNC(c2ccc(Cl)cc2)C2CC2)n1. The van der Waals surface area contributed by atoms with Crippen LogP contribution in [-0.2, 0) is 20.7 Å². The van der Waals surface area contributed by atoms with E-state index in [1.54, 1.807) is 12.3 Å². The summed E-state index contributed by atoms with van der Waals surface area (Å²) in [5, 5.41) is 9.05. The Kier molecular flexibility index (Phi) is 6.82. The van der Waals surface area contributed by atoms with E-state index in [1.807, 2.05) is 24.3 Å². The summed E-state index contributed by atoms with van der Waals surface area (Å²) in [7, 11) is 0. The summed E-state index contributed by atoms with van der Waals surface area (Å²) in [6.07, 6.45) is 2.43. The standard InChI is InChI=1S/C19H22ClN3O3S/c1-2-26-17(25)9-15-11-27-19(22-15)23-16(24)10-21-18(12-3-4-12)13-5-7-14(20)8-6-13/h5-8,11-12,18,21H,2-4,9-10H2,1H3,(H,22,23,24). The Bertz CT molecular complexity index is 790. The van der Waals surface area contributed by atoms with Crippen LogP contribution in [0.25, 0.3) is 0 Å². The van der Waals surface area contributed by atoms with E-state index >= 15 is 0 Å². The predicted octanol–water partition coefficient (Wildman–Crippen LogP) is 3.58. The van der Waals surface area contributed by atoms with Crippen LogP contribution in [-0.4, -0.2) is 30.0 Å². The minimum Gasteiger partial charge on any atom is -0.466 e. The van der Waals surface area contributed by atoms with Crippen molar-refractivity contribution in [3.05, 3.63) is 45.9 Å². The molecule has 1 fully saturated rings. The molecule has 1 amide bonds. The number of amides is 1. The first-order valence-corrected chi connectivity index (χ1v) is 10.2. The van der Waals surface area contributed by atoms with E-state index in [0.29, 0.717) is 28.4 Å². The molecule has 0 bridgehead atoms. The molecule has 1 aliphatic carbocycles. The van der Waals surface area contributed by atoms with Gasteiger partial charge in [0.1, 0.15) is 0 Å². The number of aromatic nitrogens is 1. The van der Waals surface area contributed by atoms with Gasteiger partial charge in [0.25, 0.3) is 0 Å². The Morgan fingerprint density at radius 1 is 1.33 bits per heavy atom. The van der Waals surface area contributed by atoms with Crippen LogP contribution in [0.15, 0.2) is 29.6 Å². The van der Waals surface area contributed by atoms with Crippen molar-refractivity contribution in [3.8, 4) is 0 Å². The molecule has 8 heteroatoms. The zero-order chi connectivity index (χ0) is 19.2. The highest BCUT2D eigenvalue weighted by Crippen LogP contribution is 2.41. The molecule has 1 saturated carbocycles. The Morgan fingerprint density at radius 3 is 2.74 bits per heavy atom. The van der Waals surface area contributed by atoms with E-state index in [9.17, 15) is 9.59 Å². The van der Waals surface area contributed by atoms with Crippen molar-refractivity contribution in [1.29, 1.82) is 0 Å². The fraction of sp³-hybridized carbons (Fsp3) is 0.421. The van der Waals surface area contributed by atoms with Gasteiger partial charge in [0, 0.05) is 16.4 Å². The van der Waals surface area contributed by atoms with E-state index in [-0.39, 0.29) is 30.9 Å². The second-order valence-electron chi connectivity index (χ2n) is 6.42. The van der Waals surface area contributed by atoms with E-state index in [2.05, 4.69) is 15.6 Å². The first-order valence-electron chi connectivity index (χ1n) is 8.94. The molecule has 1 unspecified atom stereocenters. The number of benzene rings is 1. The molecular weight excluding hydrogens is 386 g/mol. The molecule has 0 radical (unpaired) electrons. The molecule has 27 heavy (non-hydrogen) atoms. The van der Waals surface area contributed by atoms with E-state index in [1.165, 1.54) is 11.3 Å². The average molecular weight is 408 g/mol. The third-order valence-corrected chi connectivity index (χ3v) is 5.29. The minimum absolute atomic E-state index is 0.110. The normalized spacial score (nSPS) is 14.6. The number of hydrogen-bond donors (Lipinski definition) is 2. The van der Waals surface area contributed by atoms with Crippen molar-refractivity contribution >= 4 is 39.9 Å². The lowest BCUT2D eigenvalue weighted by atomic mass is 10.0. The van der Waals surface area contributed by atoms with Gasteiger partial charge in [-0.1, -0.05) is 23.7 Å². The summed E-state index contributed by atoms with van der Waals surface area (Å²) >= 11 is 7.26. The minimum atomic E-state index is -0.322. The molecule has 1 aliphatic rings. The van der Waals surface area contributed by atoms with Crippen LogP contribution in [0.5, 0.6) is 0 Å². The number of rotatable bonds is 9. The molecule has 1 heterocycles. The summed E-state index contributed by atoms with van der Waals surface area (Å²) < 4.78 is 4.90. The van der Waals surface area contributed by atoms with Gasteiger partial charge in [0.05, 0.1) is 25.3 Å². The van der Waals surface area contributed by atoms with Crippen molar-refractivity contribution in [1.82, 2.24) is 10.3 Å². The van der Waals surface area contributed by atoms with Gasteiger partial charge >= 0.3 is 5.97 Å². The molecule has 1 aromatic carbocycles. The number of thiazole rings is 1. The van der Waals surface area contributed by atoms with Crippen molar-refractivity contribution in [2.45, 2.75) is 32.2 Å². The lowest BCUT2D eigenvalue weighted by Gasteiger charge is -2.18. The summed E-state index contributed by atoms with van der Waals surface area (Å²) in [6, 6.07) is 7.88. The largest absolute Gasteiger partial charge is 0.466 e. The number of hydrogen-bond acceptors (Lipinski definition) is 6. The number of carbonyl (C=O) groups is 2. The first-order chi connectivity index (χ1) is 13.0. The second kappa shape index (κ2) is 9.30. The lowest BCUT2D eigenvalue weighted by molar-refractivity contribution is -0.142. The zero-order valence-corrected chi connectivity index (χ0v) is 16.6. The van der Waals surface area contributed by atoms with Crippen molar-refractivity contribution in [3.63, 3.8) is 0 Å². The molecule has 1 aromatic heterocycles. The summed E-state index contributed by atoms with van der Waals surface area (Å²) in [6.45, 7) is 2.29. The maximum atomic E-state index is 12.3. The topological polar surface area (TPSA) is 80.3 Å². The number of halogens is 1. The van der Waals surface area contributed by atoms with Gasteiger partial charge in [0.15, 0.2) is 5.13 Å². The van der Waals surface area contributed by atoms with Crippen molar-refractivity contribution in [2.24, 2.45) is 5.92 Å². The Balaban J connectivity index is 1.50. The molecule has 3 rings (SSSR count). The Hall–Kier alpha value is -1.96. The number of esters is 1. The van der Waals surface area contributed by atoms with E-state index < -0.39 is 0 Å². The summed E-state index contributed by atoms with van der Waals surface area (Å²) in [5.74, 6) is 0.0688. The fourth-order valence-electron chi connectivity index (χ4n) is 2.83. The maximum Gasteiger partial charge on any atom is 0.311 e. The Morgan fingerprint density at radius 2 is 2.07 bits per heavy atom. The smallest absolute Gasteiger partial charge is 0.311 e. The van der Waals surface area contributed by atoms with E-state index in [4.69, 9.17) is 16.3 Å². The highest BCUT2D eigenvalue weighted by molar-refractivity contribution is 7.13. The molecule has 1 atom stereocenters. The summed E-state index contributed by atoms with van der Waals surface area (Å²) in [4.78, 5) is 28.0. The van der Waals surface area contributed by atoms with Crippen LogP contribution in [0.2, 0.25) is 5.02 Å². The molecular formula is C19H22ClN3O3S. The second-order valence-corrected chi connectivity index (χ2v) is 7.72. The van der Waals surface area contributed by atoms with Gasteiger partial charge in [-0.25, -0.2) is 4.98 Å². The van der Waals surface area contributed by atoms with Gasteiger partial charge < -0.3 is 15.4 Å². The molecule has 0 spiro atoms. The van der Waals surface area contributed by atoms with Gasteiger partial charge in [-0.15, -0.1) is 11.3 Å². The summed E-state index contributed by atoms with van der Waals surface area (Å²) in [5.41, 5.74) is 1.74. The van der Waals surface area contributed by atoms with Crippen LogP contribution in [0, 0.1) is 5.92 Å². The predicted molar refractivity (Wildman–Crippen MR) is 106 cm³/mol. The highest BCUT2D eigenvalue weighted by atomic mass is 35.5. The third kappa shape index (κ3) is 6.02. The van der Waals surface area contributed by atoms with Crippen LogP contribution < -0.4 is 10.6 Å². The van der Waals surface area contributed by atoms with E-state index in [0.717, 1.165) is 18.4 Å². The number of anilines is 1. The van der Waals surface area contributed by atoms with Gasteiger partial charge in [-0.3, -0.25) is 9.59 Å². The van der Waals surface area contributed by atoms with Gasteiger partial charge in [0.2, 0.25) is 5.91 Å².